The number of oxime groups is 1. The molecule has 0 atom stereocenters. The average Bonchev–Trinajstić information content (AvgIpc) is 2.18. The summed E-state index contributed by atoms with van der Waals surface area (Å²) in [5.41, 5.74) is 11.1. The van der Waals surface area contributed by atoms with Crippen LogP contribution in [0.1, 0.15) is 5.56 Å². The second-order valence-corrected chi connectivity index (χ2v) is 2.64. The van der Waals surface area contributed by atoms with Crippen molar-refractivity contribution in [2.24, 2.45) is 16.6 Å². The van der Waals surface area contributed by atoms with Crippen LogP contribution in [0.3, 0.4) is 0 Å². The predicted octanol–water partition coefficient (Wildman–Crippen LogP) is 0.400. The molecule has 0 aliphatic rings. The number of benzene rings is 1. The van der Waals surface area contributed by atoms with Crippen molar-refractivity contribution in [3.05, 3.63) is 29.8 Å². The highest BCUT2D eigenvalue weighted by molar-refractivity contribution is 5.74. The van der Waals surface area contributed by atoms with Crippen molar-refractivity contribution in [2.75, 3.05) is 7.11 Å². The topological polar surface area (TPSA) is 82.9 Å². The molecule has 0 aromatic heterocycles. The molecular formula is C9H13N3O2. The van der Waals surface area contributed by atoms with Crippen molar-refractivity contribution in [1.29, 1.82) is 0 Å². The predicted molar refractivity (Wildman–Crippen MR) is 53.6 cm³/mol. The monoisotopic (exact) mass is 195 g/mol. The molecule has 0 amide bonds. The van der Waals surface area contributed by atoms with E-state index in [1.165, 1.54) is 0 Å². The molecule has 1 rings (SSSR count). The van der Waals surface area contributed by atoms with E-state index in [4.69, 9.17) is 21.0 Å². The molecule has 1 aromatic rings. The number of hydrogen-bond donors (Lipinski definition) is 2. The van der Waals surface area contributed by atoms with Crippen LogP contribution in [-0.4, -0.2) is 13.1 Å². The summed E-state index contributed by atoms with van der Waals surface area (Å²) in [4.78, 5) is 4.85. The minimum absolute atomic E-state index is 0.0847. The lowest BCUT2D eigenvalue weighted by molar-refractivity contribution is 0.129. The van der Waals surface area contributed by atoms with Crippen LogP contribution in [0, 0.1) is 0 Å². The van der Waals surface area contributed by atoms with Gasteiger partial charge in [-0.25, -0.2) is 0 Å². The van der Waals surface area contributed by atoms with Gasteiger partial charge < -0.3 is 21.0 Å². The number of hydrogen-bond acceptors (Lipinski definition) is 3. The Balaban J connectivity index is 2.48. The standard InChI is InChI=1S/C9H13N3O2/c1-13-8-4-2-7(3-5-8)6-14-12-9(10)11/h2-5H,6H2,1H3,(H4,10,11,12). The van der Waals surface area contributed by atoms with E-state index in [1.54, 1.807) is 7.11 Å². The first-order valence-corrected chi connectivity index (χ1v) is 4.06. The zero-order valence-corrected chi connectivity index (χ0v) is 7.93. The highest BCUT2D eigenvalue weighted by atomic mass is 16.6. The second-order valence-electron chi connectivity index (χ2n) is 2.64. The van der Waals surface area contributed by atoms with Crippen LogP contribution in [0.5, 0.6) is 5.75 Å². The number of rotatable bonds is 4. The first-order valence-electron chi connectivity index (χ1n) is 4.06. The van der Waals surface area contributed by atoms with Crippen molar-refractivity contribution in [3.63, 3.8) is 0 Å². The first kappa shape index (κ1) is 10.2. The molecule has 5 nitrogen and oxygen atoms in total. The molecule has 0 saturated heterocycles. The van der Waals surface area contributed by atoms with Gasteiger partial charge in [-0.3, -0.25) is 0 Å². The molecule has 1 aromatic carbocycles. The van der Waals surface area contributed by atoms with Gasteiger partial charge in [-0.2, -0.15) is 0 Å². The maximum Gasteiger partial charge on any atom is 0.228 e. The second kappa shape index (κ2) is 4.96. The fourth-order valence-electron chi connectivity index (χ4n) is 0.903. The van der Waals surface area contributed by atoms with Crippen molar-refractivity contribution >= 4 is 5.96 Å². The molecule has 14 heavy (non-hydrogen) atoms. The molecule has 0 saturated carbocycles. The van der Waals surface area contributed by atoms with E-state index in [0.29, 0.717) is 6.61 Å². The Morgan fingerprint density at radius 2 is 1.93 bits per heavy atom. The van der Waals surface area contributed by atoms with E-state index in [9.17, 15) is 0 Å². The van der Waals surface area contributed by atoms with Crippen LogP contribution in [0.15, 0.2) is 29.4 Å². The fourth-order valence-corrected chi connectivity index (χ4v) is 0.903. The minimum Gasteiger partial charge on any atom is -0.497 e. The van der Waals surface area contributed by atoms with Crippen molar-refractivity contribution in [2.45, 2.75) is 6.61 Å². The molecule has 0 spiro atoms. The summed E-state index contributed by atoms with van der Waals surface area (Å²) in [6.07, 6.45) is 0. The number of methoxy groups -OCH3 is 1. The van der Waals surface area contributed by atoms with Crippen LogP contribution in [0.2, 0.25) is 0 Å². The summed E-state index contributed by atoms with van der Waals surface area (Å²) in [6.45, 7) is 0.335. The maximum absolute atomic E-state index is 5.08. The molecule has 0 radical (unpaired) electrons. The molecule has 0 heterocycles. The SMILES string of the molecule is COc1ccc(CON=C(N)N)cc1. The van der Waals surface area contributed by atoms with Crippen LogP contribution in [0.25, 0.3) is 0 Å². The van der Waals surface area contributed by atoms with Crippen LogP contribution >= 0.6 is 0 Å². The fraction of sp³-hybridized carbons (Fsp3) is 0.222. The Morgan fingerprint density at radius 3 is 2.43 bits per heavy atom. The van der Waals surface area contributed by atoms with E-state index in [0.717, 1.165) is 11.3 Å². The van der Waals surface area contributed by atoms with E-state index < -0.39 is 0 Å². The summed E-state index contributed by atoms with van der Waals surface area (Å²) in [5.74, 6) is 0.717. The molecule has 0 unspecified atom stereocenters. The lowest BCUT2D eigenvalue weighted by Crippen LogP contribution is -2.22. The van der Waals surface area contributed by atoms with E-state index in [-0.39, 0.29) is 5.96 Å². The summed E-state index contributed by atoms with van der Waals surface area (Å²) < 4.78 is 5.00. The summed E-state index contributed by atoms with van der Waals surface area (Å²) in [7, 11) is 1.62. The number of nitrogens with zero attached hydrogens (tertiary/aromatic N) is 1. The highest BCUT2D eigenvalue weighted by Crippen LogP contribution is 2.11. The Kier molecular flexibility index (Phi) is 3.60. The Hall–Kier alpha value is -1.91. The van der Waals surface area contributed by atoms with Gasteiger partial charge in [-0.05, 0) is 22.9 Å². The van der Waals surface area contributed by atoms with Crippen molar-refractivity contribution < 1.29 is 9.57 Å². The van der Waals surface area contributed by atoms with Gasteiger partial charge in [0.25, 0.3) is 0 Å². The molecule has 0 aliphatic heterocycles. The molecule has 0 fully saturated rings. The zero-order valence-electron chi connectivity index (χ0n) is 7.93. The molecule has 4 N–H and O–H groups in total. The van der Waals surface area contributed by atoms with Crippen LogP contribution < -0.4 is 16.2 Å². The summed E-state index contributed by atoms with van der Waals surface area (Å²) in [5, 5.41) is 3.40. The highest BCUT2D eigenvalue weighted by Gasteiger charge is 1.94. The smallest absolute Gasteiger partial charge is 0.228 e. The first-order chi connectivity index (χ1) is 6.72. The number of guanidine groups is 1. The van der Waals surface area contributed by atoms with Gasteiger partial charge in [0.2, 0.25) is 5.96 Å². The summed E-state index contributed by atoms with van der Waals surface area (Å²) in [6, 6.07) is 7.44. The number of nitrogens with two attached hydrogens (primary N) is 2. The molecular weight excluding hydrogens is 182 g/mol. The van der Waals surface area contributed by atoms with E-state index >= 15 is 0 Å². The van der Waals surface area contributed by atoms with E-state index in [2.05, 4.69) is 5.16 Å². The van der Waals surface area contributed by atoms with E-state index in [1.807, 2.05) is 24.3 Å². The summed E-state index contributed by atoms with van der Waals surface area (Å²) >= 11 is 0. The largest absolute Gasteiger partial charge is 0.497 e. The van der Waals surface area contributed by atoms with Crippen LogP contribution in [0.4, 0.5) is 0 Å². The van der Waals surface area contributed by atoms with Crippen LogP contribution in [-0.2, 0) is 11.4 Å². The van der Waals surface area contributed by atoms with Gasteiger partial charge in [0.05, 0.1) is 7.11 Å². The minimum atomic E-state index is -0.0847. The normalized spacial score (nSPS) is 9.21. The van der Waals surface area contributed by atoms with Gasteiger partial charge in [0.15, 0.2) is 0 Å². The molecule has 0 bridgehead atoms. The lowest BCUT2D eigenvalue weighted by Gasteiger charge is -2.02. The third-order valence-electron chi connectivity index (χ3n) is 1.56. The lowest BCUT2D eigenvalue weighted by atomic mass is 10.2. The molecule has 76 valence electrons. The Morgan fingerprint density at radius 1 is 1.29 bits per heavy atom. The molecule has 5 heteroatoms. The third kappa shape index (κ3) is 3.22. The van der Waals surface area contributed by atoms with Gasteiger partial charge in [0, 0.05) is 0 Å². The quantitative estimate of drug-likeness (QED) is 0.414. The molecule has 0 aliphatic carbocycles. The van der Waals surface area contributed by atoms with Gasteiger partial charge in [0.1, 0.15) is 12.4 Å². The Bertz CT molecular complexity index is 304. The Labute approximate surface area is 82.3 Å². The van der Waals surface area contributed by atoms with Gasteiger partial charge in [-0.1, -0.05) is 12.1 Å². The van der Waals surface area contributed by atoms with Gasteiger partial charge in [-0.15, -0.1) is 0 Å². The van der Waals surface area contributed by atoms with Crippen molar-refractivity contribution in [1.82, 2.24) is 0 Å². The maximum atomic E-state index is 5.08. The third-order valence-corrected chi connectivity index (χ3v) is 1.56. The zero-order chi connectivity index (χ0) is 10.4. The number of ether oxygens (including phenoxy) is 1. The van der Waals surface area contributed by atoms with Crippen molar-refractivity contribution in [3.8, 4) is 5.75 Å². The van der Waals surface area contributed by atoms with Gasteiger partial charge >= 0.3 is 0 Å². The average molecular weight is 195 g/mol.